The monoisotopic (exact) mass is 298 g/mol. The van der Waals surface area contributed by atoms with Gasteiger partial charge in [0, 0.05) is 25.7 Å². The zero-order chi connectivity index (χ0) is 15.5. The molecule has 3 nitrogen and oxygen atoms in total. The molecule has 0 spiro atoms. The fraction of sp³-hybridized carbons (Fsp3) is 0.889. The lowest BCUT2D eigenvalue weighted by Crippen LogP contribution is -2.32. The van der Waals surface area contributed by atoms with E-state index in [4.69, 9.17) is 14.2 Å². The number of rotatable bonds is 11. The Morgan fingerprint density at radius 2 is 1.76 bits per heavy atom. The molecule has 0 aromatic rings. The van der Waals surface area contributed by atoms with Gasteiger partial charge in [0.1, 0.15) is 0 Å². The van der Waals surface area contributed by atoms with E-state index in [1.54, 1.807) is 0 Å². The van der Waals surface area contributed by atoms with E-state index < -0.39 is 0 Å². The summed E-state index contributed by atoms with van der Waals surface area (Å²) in [5, 5.41) is 0. The summed E-state index contributed by atoms with van der Waals surface area (Å²) >= 11 is 0. The lowest BCUT2D eigenvalue weighted by atomic mass is 9.78. The summed E-state index contributed by atoms with van der Waals surface area (Å²) in [5.41, 5.74) is 1.27. The fourth-order valence-electron chi connectivity index (χ4n) is 2.99. The minimum atomic E-state index is 0.341. The van der Waals surface area contributed by atoms with Crippen LogP contribution in [0.2, 0.25) is 0 Å². The third-order valence-electron chi connectivity index (χ3n) is 4.28. The summed E-state index contributed by atoms with van der Waals surface area (Å²) in [4.78, 5) is 0. The predicted octanol–water partition coefficient (Wildman–Crippen LogP) is 4.22. The molecular formula is C18H34O3. The van der Waals surface area contributed by atoms with Crippen molar-refractivity contribution in [1.82, 2.24) is 0 Å². The SMILES string of the molecule is C=C(C)C1CCC(C)CC1OCCOCCCCOCC. The highest BCUT2D eigenvalue weighted by Gasteiger charge is 2.29. The molecule has 3 unspecified atom stereocenters. The van der Waals surface area contributed by atoms with Crippen LogP contribution in [0, 0.1) is 11.8 Å². The Morgan fingerprint density at radius 3 is 2.43 bits per heavy atom. The van der Waals surface area contributed by atoms with Crippen molar-refractivity contribution < 1.29 is 14.2 Å². The van der Waals surface area contributed by atoms with E-state index in [0.717, 1.165) is 45.0 Å². The first-order chi connectivity index (χ1) is 10.1. The van der Waals surface area contributed by atoms with Crippen molar-refractivity contribution in [2.45, 2.75) is 59.0 Å². The maximum atomic E-state index is 6.06. The van der Waals surface area contributed by atoms with Crippen molar-refractivity contribution in [2.24, 2.45) is 11.8 Å². The van der Waals surface area contributed by atoms with E-state index in [9.17, 15) is 0 Å². The first kappa shape index (κ1) is 18.7. The zero-order valence-corrected chi connectivity index (χ0v) is 14.2. The molecule has 1 saturated carbocycles. The Morgan fingerprint density at radius 1 is 1.05 bits per heavy atom. The fourth-order valence-corrected chi connectivity index (χ4v) is 2.99. The van der Waals surface area contributed by atoms with Crippen LogP contribution < -0.4 is 0 Å². The van der Waals surface area contributed by atoms with Gasteiger partial charge >= 0.3 is 0 Å². The topological polar surface area (TPSA) is 27.7 Å². The molecule has 1 aliphatic rings. The molecule has 0 radical (unpaired) electrons. The molecule has 0 heterocycles. The Hall–Kier alpha value is -0.380. The Kier molecular flexibility index (Phi) is 9.98. The van der Waals surface area contributed by atoms with Gasteiger partial charge in [-0.2, -0.15) is 0 Å². The number of hydrogen-bond donors (Lipinski definition) is 0. The predicted molar refractivity (Wildman–Crippen MR) is 87.6 cm³/mol. The molecule has 3 atom stereocenters. The third kappa shape index (κ3) is 7.98. The summed E-state index contributed by atoms with van der Waals surface area (Å²) in [6, 6.07) is 0. The molecule has 1 aliphatic carbocycles. The third-order valence-corrected chi connectivity index (χ3v) is 4.28. The molecule has 0 N–H and O–H groups in total. The Labute approximate surface area is 131 Å². The van der Waals surface area contributed by atoms with Gasteiger partial charge in [0.25, 0.3) is 0 Å². The highest BCUT2D eigenvalue weighted by atomic mass is 16.5. The van der Waals surface area contributed by atoms with Crippen molar-refractivity contribution in [1.29, 1.82) is 0 Å². The molecule has 0 aromatic heterocycles. The zero-order valence-electron chi connectivity index (χ0n) is 14.2. The smallest absolute Gasteiger partial charge is 0.0704 e. The van der Waals surface area contributed by atoms with Gasteiger partial charge in [0.05, 0.1) is 19.3 Å². The van der Waals surface area contributed by atoms with Crippen LogP contribution in [0.15, 0.2) is 12.2 Å². The first-order valence-electron chi connectivity index (χ1n) is 8.57. The van der Waals surface area contributed by atoms with Gasteiger partial charge in [-0.3, -0.25) is 0 Å². The molecule has 0 aliphatic heterocycles. The first-order valence-corrected chi connectivity index (χ1v) is 8.57. The van der Waals surface area contributed by atoms with Gasteiger partial charge in [-0.15, -0.1) is 0 Å². The van der Waals surface area contributed by atoms with E-state index in [1.807, 2.05) is 6.92 Å². The van der Waals surface area contributed by atoms with Crippen LogP contribution in [0.25, 0.3) is 0 Å². The van der Waals surface area contributed by atoms with Crippen molar-refractivity contribution in [3.05, 3.63) is 12.2 Å². The molecule has 1 fully saturated rings. The number of ether oxygens (including phenoxy) is 3. The quantitative estimate of drug-likeness (QED) is 0.422. The summed E-state index contributed by atoms with van der Waals surface area (Å²) in [5.74, 6) is 1.30. The average Bonchev–Trinajstić information content (AvgIpc) is 2.45. The molecule has 0 bridgehead atoms. The normalized spacial score (nSPS) is 26.0. The second-order valence-corrected chi connectivity index (χ2v) is 6.30. The van der Waals surface area contributed by atoms with Crippen LogP contribution in [0.5, 0.6) is 0 Å². The molecule has 0 amide bonds. The van der Waals surface area contributed by atoms with Gasteiger partial charge < -0.3 is 14.2 Å². The van der Waals surface area contributed by atoms with Gasteiger partial charge in [0.15, 0.2) is 0 Å². The van der Waals surface area contributed by atoms with Crippen molar-refractivity contribution in [2.75, 3.05) is 33.0 Å². The molecular weight excluding hydrogens is 264 g/mol. The largest absolute Gasteiger partial charge is 0.382 e. The minimum absolute atomic E-state index is 0.341. The molecule has 21 heavy (non-hydrogen) atoms. The van der Waals surface area contributed by atoms with E-state index >= 15 is 0 Å². The van der Waals surface area contributed by atoms with Crippen LogP contribution in [0.1, 0.15) is 52.9 Å². The van der Waals surface area contributed by atoms with Crippen molar-refractivity contribution in [3.8, 4) is 0 Å². The van der Waals surface area contributed by atoms with Gasteiger partial charge in [-0.25, -0.2) is 0 Å². The number of hydrogen-bond acceptors (Lipinski definition) is 3. The molecule has 124 valence electrons. The van der Waals surface area contributed by atoms with Crippen LogP contribution in [-0.4, -0.2) is 39.1 Å². The molecule has 1 rings (SSSR count). The average molecular weight is 298 g/mol. The lowest BCUT2D eigenvalue weighted by Gasteiger charge is -2.35. The summed E-state index contributed by atoms with van der Waals surface area (Å²) in [6.07, 6.45) is 6.16. The lowest BCUT2D eigenvalue weighted by molar-refractivity contribution is -0.0390. The summed E-state index contributed by atoms with van der Waals surface area (Å²) in [7, 11) is 0. The minimum Gasteiger partial charge on any atom is -0.382 e. The Bertz CT molecular complexity index is 278. The van der Waals surface area contributed by atoms with Crippen molar-refractivity contribution in [3.63, 3.8) is 0 Å². The van der Waals surface area contributed by atoms with Crippen LogP contribution in [0.3, 0.4) is 0 Å². The second kappa shape index (κ2) is 11.2. The van der Waals surface area contributed by atoms with E-state index in [-0.39, 0.29) is 0 Å². The molecule has 3 heteroatoms. The summed E-state index contributed by atoms with van der Waals surface area (Å²) in [6.45, 7) is 14.5. The van der Waals surface area contributed by atoms with Gasteiger partial charge in [-0.1, -0.05) is 19.1 Å². The van der Waals surface area contributed by atoms with Gasteiger partial charge in [0.2, 0.25) is 0 Å². The van der Waals surface area contributed by atoms with Crippen LogP contribution in [-0.2, 0) is 14.2 Å². The standard InChI is InChI=1S/C18H34O3/c1-5-19-10-6-7-11-20-12-13-21-18-14-16(4)8-9-17(18)15(2)3/h16-18H,2,5-14H2,1,3-4H3. The number of unbranched alkanes of at least 4 members (excludes halogenated alkanes) is 1. The van der Waals surface area contributed by atoms with E-state index in [0.29, 0.717) is 25.2 Å². The van der Waals surface area contributed by atoms with Crippen LogP contribution in [0.4, 0.5) is 0 Å². The van der Waals surface area contributed by atoms with Gasteiger partial charge in [-0.05, 0) is 51.9 Å². The maximum absolute atomic E-state index is 6.06. The van der Waals surface area contributed by atoms with Crippen LogP contribution >= 0.6 is 0 Å². The molecule has 0 aromatic carbocycles. The van der Waals surface area contributed by atoms with Crippen molar-refractivity contribution >= 4 is 0 Å². The highest BCUT2D eigenvalue weighted by molar-refractivity contribution is 5.02. The Balaban J connectivity index is 2.06. The van der Waals surface area contributed by atoms with E-state index in [2.05, 4.69) is 20.4 Å². The maximum Gasteiger partial charge on any atom is 0.0704 e. The molecule has 0 saturated heterocycles. The second-order valence-electron chi connectivity index (χ2n) is 6.30. The summed E-state index contributed by atoms with van der Waals surface area (Å²) < 4.78 is 17.0. The van der Waals surface area contributed by atoms with E-state index in [1.165, 1.54) is 18.4 Å². The highest BCUT2D eigenvalue weighted by Crippen LogP contribution is 2.34.